The highest BCUT2D eigenvalue weighted by molar-refractivity contribution is 7.99. The van der Waals surface area contributed by atoms with Gasteiger partial charge in [-0.3, -0.25) is 15.4 Å². The lowest BCUT2D eigenvalue weighted by atomic mass is 10.2. The van der Waals surface area contributed by atoms with Gasteiger partial charge in [0.1, 0.15) is 5.60 Å². The monoisotopic (exact) mass is 380 g/mol. The van der Waals surface area contributed by atoms with E-state index in [0.29, 0.717) is 15.6 Å². The molecule has 0 fully saturated rings. The van der Waals surface area contributed by atoms with E-state index in [9.17, 15) is 14.9 Å². The molecule has 8 heteroatoms. The van der Waals surface area contributed by atoms with Crippen LogP contribution in [0.4, 0.5) is 16.2 Å². The first-order valence-corrected chi connectivity index (χ1v) is 8.55. The number of nitrogens with zero attached hydrogens (tertiary/aromatic N) is 1. The van der Waals surface area contributed by atoms with Crippen LogP contribution in [0.5, 0.6) is 0 Å². The first kappa shape index (κ1) is 19.1. The van der Waals surface area contributed by atoms with Crippen LogP contribution in [0.2, 0.25) is 5.02 Å². The first-order chi connectivity index (χ1) is 11.6. The Hall–Kier alpha value is -2.25. The molecule has 2 aromatic carbocycles. The Balaban J connectivity index is 2.25. The second kappa shape index (κ2) is 7.76. The summed E-state index contributed by atoms with van der Waals surface area (Å²) in [6.07, 6.45) is -0.671. The lowest BCUT2D eigenvalue weighted by Gasteiger charge is -2.19. The number of non-ortho nitro benzene ring substituents is 1. The summed E-state index contributed by atoms with van der Waals surface area (Å²) in [7, 11) is 0. The number of benzene rings is 2. The van der Waals surface area contributed by atoms with Crippen molar-refractivity contribution in [2.45, 2.75) is 36.2 Å². The largest absolute Gasteiger partial charge is 0.444 e. The van der Waals surface area contributed by atoms with Crippen LogP contribution in [0.15, 0.2) is 52.3 Å². The van der Waals surface area contributed by atoms with Gasteiger partial charge in [0.15, 0.2) is 0 Å². The van der Waals surface area contributed by atoms with E-state index in [-0.39, 0.29) is 5.69 Å². The number of halogens is 1. The summed E-state index contributed by atoms with van der Waals surface area (Å²) in [6, 6.07) is 11.5. The molecule has 1 N–H and O–H groups in total. The van der Waals surface area contributed by atoms with E-state index in [4.69, 9.17) is 16.3 Å². The molecule has 25 heavy (non-hydrogen) atoms. The van der Waals surface area contributed by atoms with E-state index >= 15 is 0 Å². The number of amides is 1. The SMILES string of the molecule is CC(C)(C)OC(=O)Nc1cc(Sc2ccc(Cl)cc2)cc([N+](=O)[O-])c1. The normalized spacial score (nSPS) is 11.0. The Morgan fingerprint density at radius 2 is 1.80 bits per heavy atom. The predicted molar refractivity (Wildman–Crippen MR) is 98.5 cm³/mol. The molecule has 1 amide bonds. The van der Waals surface area contributed by atoms with Crippen molar-refractivity contribution in [3.63, 3.8) is 0 Å². The second-order valence-corrected chi connectivity index (χ2v) is 7.74. The number of ether oxygens (including phenoxy) is 1. The molecule has 0 spiro atoms. The summed E-state index contributed by atoms with van der Waals surface area (Å²) < 4.78 is 5.17. The summed E-state index contributed by atoms with van der Waals surface area (Å²) in [5.74, 6) is 0. The molecule has 2 aromatic rings. The molecule has 0 heterocycles. The smallest absolute Gasteiger partial charge is 0.412 e. The highest BCUT2D eigenvalue weighted by Crippen LogP contribution is 2.33. The summed E-state index contributed by atoms with van der Waals surface area (Å²) in [5.41, 5.74) is -0.490. The van der Waals surface area contributed by atoms with Gasteiger partial charge in [0.2, 0.25) is 0 Å². The number of hydrogen-bond donors (Lipinski definition) is 1. The molecule has 2 rings (SSSR count). The standard InChI is InChI=1S/C17H17ClN2O4S/c1-17(2,3)24-16(21)19-12-8-13(20(22)23)10-15(9-12)25-14-6-4-11(18)5-7-14/h4-10H,1-3H3,(H,19,21). The van der Waals surface area contributed by atoms with Gasteiger partial charge in [0.25, 0.3) is 5.69 Å². The Morgan fingerprint density at radius 1 is 1.16 bits per heavy atom. The zero-order valence-electron chi connectivity index (χ0n) is 13.9. The number of carbonyl (C=O) groups excluding carboxylic acids is 1. The van der Waals surface area contributed by atoms with Gasteiger partial charge < -0.3 is 4.74 Å². The van der Waals surface area contributed by atoms with Gasteiger partial charge in [-0.2, -0.15) is 0 Å². The molecule has 0 aliphatic rings. The van der Waals surface area contributed by atoms with E-state index in [0.717, 1.165) is 4.90 Å². The van der Waals surface area contributed by atoms with Crippen molar-refractivity contribution in [1.29, 1.82) is 0 Å². The highest BCUT2D eigenvalue weighted by atomic mass is 35.5. The Labute approximate surface area is 154 Å². The van der Waals surface area contributed by atoms with Crippen LogP contribution in [-0.2, 0) is 4.74 Å². The molecule has 0 aliphatic carbocycles. The molecule has 0 aliphatic heterocycles. The minimum atomic E-state index is -0.671. The minimum absolute atomic E-state index is 0.120. The fourth-order valence-corrected chi connectivity index (χ4v) is 2.92. The van der Waals surface area contributed by atoms with E-state index in [1.807, 2.05) is 12.1 Å². The van der Waals surface area contributed by atoms with Gasteiger partial charge in [-0.05, 0) is 51.1 Å². The van der Waals surface area contributed by atoms with Gasteiger partial charge in [0, 0.05) is 26.9 Å². The molecular formula is C17H17ClN2O4S. The molecule has 0 saturated heterocycles. The Morgan fingerprint density at radius 3 is 2.36 bits per heavy atom. The molecule has 0 unspecified atom stereocenters. The topological polar surface area (TPSA) is 81.5 Å². The average molecular weight is 381 g/mol. The third-order valence-corrected chi connectivity index (χ3v) is 4.03. The minimum Gasteiger partial charge on any atom is -0.444 e. The summed E-state index contributed by atoms with van der Waals surface area (Å²) >= 11 is 7.18. The zero-order valence-corrected chi connectivity index (χ0v) is 15.5. The van der Waals surface area contributed by atoms with Crippen molar-refractivity contribution < 1.29 is 14.5 Å². The van der Waals surface area contributed by atoms with Crippen molar-refractivity contribution in [2.75, 3.05) is 5.32 Å². The molecule has 132 valence electrons. The van der Waals surface area contributed by atoms with Gasteiger partial charge >= 0.3 is 6.09 Å². The molecule has 0 radical (unpaired) electrons. The molecule has 0 bridgehead atoms. The fraction of sp³-hybridized carbons (Fsp3) is 0.235. The zero-order chi connectivity index (χ0) is 18.6. The van der Waals surface area contributed by atoms with E-state index < -0.39 is 16.6 Å². The van der Waals surface area contributed by atoms with Crippen LogP contribution in [0.3, 0.4) is 0 Å². The lowest BCUT2D eigenvalue weighted by molar-refractivity contribution is -0.385. The molecule has 0 atom stereocenters. The molecular weight excluding hydrogens is 364 g/mol. The van der Waals surface area contributed by atoms with E-state index in [1.165, 1.54) is 23.9 Å². The van der Waals surface area contributed by atoms with Crippen LogP contribution in [0.1, 0.15) is 20.8 Å². The summed E-state index contributed by atoms with van der Waals surface area (Å²) in [5, 5.41) is 14.3. The number of nitro groups is 1. The van der Waals surface area contributed by atoms with Crippen LogP contribution in [0.25, 0.3) is 0 Å². The van der Waals surface area contributed by atoms with Crippen molar-refractivity contribution >= 4 is 40.8 Å². The van der Waals surface area contributed by atoms with Crippen LogP contribution < -0.4 is 5.32 Å². The maximum atomic E-state index is 11.9. The van der Waals surface area contributed by atoms with Gasteiger partial charge in [-0.1, -0.05) is 23.4 Å². The van der Waals surface area contributed by atoms with E-state index in [2.05, 4.69) is 5.32 Å². The average Bonchev–Trinajstić information content (AvgIpc) is 2.47. The third kappa shape index (κ3) is 6.28. The second-order valence-electron chi connectivity index (χ2n) is 6.16. The molecule has 0 saturated carbocycles. The predicted octanol–water partition coefficient (Wildman–Crippen LogP) is 5.75. The Bertz CT molecular complexity index is 788. The number of rotatable bonds is 4. The van der Waals surface area contributed by atoms with Gasteiger partial charge in [0.05, 0.1) is 10.6 Å². The molecule has 0 aromatic heterocycles. The number of carbonyl (C=O) groups is 1. The van der Waals surface area contributed by atoms with Crippen LogP contribution >= 0.6 is 23.4 Å². The van der Waals surface area contributed by atoms with Crippen molar-refractivity contribution in [2.24, 2.45) is 0 Å². The maximum Gasteiger partial charge on any atom is 0.412 e. The maximum absolute atomic E-state index is 11.9. The van der Waals surface area contributed by atoms with E-state index in [1.54, 1.807) is 39.0 Å². The number of nitro benzene ring substituents is 1. The highest BCUT2D eigenvalue weighted by Gasteiger charge is 2.18. The number of hydrogen-bond acceptors (Lipinski definition) is 5. The lowest BCUT2D eigenvalue weighted by Crippen LogP contribution is -2.27. The van der Waals surface area contributed by atoms with Crippen molar-refractivity contribution in [3.05, 3.63) is 57.6 Å². The Kier molecular flexibility index (Phi) is 5.92. The van der Waals surface area contributed by atoms with Crippen LogP contribution in [-0.4, -0.2) is 16.6 Å². The van der Waals surface area contributed by atoms with Crippen molar-refractivity contribution in [3.8, 4) is 0 Å². The fourth-order valence-electron chi connectivity index (χ4n) is 1.88. The van der Waals surface area contributed by atoms with Crippen LogP contribution in [0, 0.1) is 10.1 Å². The third-order valence-electron chi connectivity index (χ3n) is 2.80. The summed E-state index contributed by atoms with van der Waals surface area (Å²) in [6.45, 7) is 5.21. The summed E-state index contributed by atoms with van der Waals surface area (Å²) in [4.78, 5) is 24.0. The molecule has 6 nitrogen and oxygen atoms in total. The van der Waals surface area contributed by atoms with Gasteiger partial charge in [-0.25, -0.2) is 4.79 Å². The first-order valence-electron chi connectivity index (χ1n) is 7.35. The number of nitrogens with one attached hydrogen (secondary N) is 1. The quantitative estimate of drug-likeness (QED) is 0.539. The van der Waals surface area contributed by atoms with Gasteiger partial charge in [-0.15, -0.1) is 0 Å². The van der Waals surface area contributed by atoms with Crippen molar-refractivity contribution in [1.82, 2.24) is 0 Å². The number of anilines is 1.